The summed E-state index contributed by atoms with van der Waals surface area (Å²) in [5, 5.41) is 12.2. The maximum absolute atomic E-state index is 12.3. The van der Waals surface area contributed by atoms with Gasteiger partial charge in [0.1, 0.15) is 0 Å². The van der Waals surface area contributed by atoms with Crippen LogP contribution in [0.15, 0.2) is 28.6 Å². The molecule has 1 saturated heterocycles. The molecular formula is C16H20N4OS2. The number of anilines is 2. The van der Waals surface area contributed by atoms with Gasteiger partial charge in [-0.1, -0.05) is 35.2 Å². The van der Waals surface area contributed by atoms with E-state index in [1.807, 2.05) is 24.0 Å². The van der Waals surface area contributed by atoms with Crippen LogP contribution >= 0.6 is 23.1 Å². The number of aryl methyl sites for hydroxylation is 1. The van der Waals surface area contributed by atoms with E-state index in [2.05, 4.69) is 34.6 Å². The smallest absolute Gasteiger partial charge is 0.235 e. The van der Waals surface area contributed by atoms with Gasteiger partial charge < -0.3 is 10.2 Å². The SMILES string of the molecule is Cc1cccc(Nc2nnc(SC(C)C(=O)N3CCCC3)s2)c1. The van der Waals surface area contributed by atoms with E-state index in [0.717, 1.165) is 41.1 Å². The molecule has 0 spiro atoms. The van der Waals surface area contributed by atoms with Gasteiger partial charge in [-0.15, -0.1) is 10.2 Å². The highest BCUT2D eigenvalue weighted by Crippen LogP contribution is 2.31. The lowest BCUT2D eigenvalue weighted by Crippen LogP contribution is -2.33. The highest BCUT2D eigenvalue weighted by molar-refractivity contribution is 8.02. The summed E-state index contributed by atoms with van der Waals surface area (Å²) in [6.45, 7) is 5.78. The molecular weight excluding hydrogens is 328 g/mol. The van der Waals surface area contributed by atoms with E-state index in [0.29, 0.717) is 0 Å². The number of thioether (sulfide) groups is 1. The molecule has 3 rings (SSSR count). The quantitative estimate of drug-likeness (QED) is 0.835. The Morgan fingerprint density at radius 3 is 2.87 bits per heavy atom. The lowest BCUT2D eigenvalue weighted by atomic mass is 10.2. The molecule has 1 amide bonds. The van der Waals surface area contributed by atoms with Crippen LogP contribution in [-0.2, 0) is 4.79 Å². The predicted molar refractivity (Wildman–Crippen MR) is 95.5 cm³/mol. The van der Waals surface area contributed by atoms with Crippen LogP contribution in [0.1, 0.15) is 25.3 Å². The maximum atomic E-state index is 12.3. The zero-order valence-electron chi connectivity index (χ0n) is 13.3. The molecule has 0 bridgehead atoms. The summed E-state index contributed by atoms with van der Waals surface area (Å²) in [6.07, 6.45) is 2.24. The molecule has 1 atom stereocenters. The molecule has 1 aromatic carbocycles. The van der Waals surface area contributed by atoms with Crippen LogP contribution in [0, 0.1) is 6.92 Å². The number of likely N-dealkylation sites (tertiary alicyclic amines) is 1. The first-order valence-electron chi connectivity index (χ1n) is 7.74. The van der Waals surface area contributed by atoms with E-state index in [9.17, 15) is 4.79 Å². The van der Waals surface area contributed by atoms with Gasteiger partial charge in [-0.3, -0.25) is 4.79 Å². The molecule has 0 aliphatic carbocycles. The van der Waals surface area contributed by atoms with Crippen LogP contribution in [0.2, 0.25) is 0 Å². The minimum atomic E-state index is -0.118. The fourth-order valence-electron chi connectivity index (χ4n) is 2.55. The summed E-state index contributed by atoms with van der Waals surface area (Å²) in [7, 11) is 0. The topological polar surface area (TPSA) is 58.1 Å². The highest BCUT2D eigenvalue weighted by atomic mass is 32.2. The van der Waals surface area contributed by atoms with E-state index < -0.39 is 0 Å². The minimum Gasteiger partial charge on any atom is -0.342 e. The molecule has 122 valence electrons. The number of hydrogen-bond acceptors (Lipinski definition) is 6. The first-order valence-corrected chi connectivity index (χ1v) is 9.44. The van der Waals surface area contributed by atoms with Crippen LogP contribution < -0.4 is 5.32 Å². The van der Waals surface area contributed by atoms with Gasteiger partial charge in [0.05, 0.1) is 5.25 Å². The molecule has 23 heavy (non-hydrogen) atoms. The van der Waals surface area contributed by atoms with Crippen LogP contribution in [-0.4, -0.2) is 39.3 Å². The number of carbonyl (C=O) groups excluding carboxylic acids is 1. The van der Waals surface area contributed by atoms with Crippen LogP contribution in [0.5, 0.6) is 0 Å². The van der Waals surface area contributed by atoms with Gasteiger partial charge >= 0.3 is 0 Å². The van der Waals surface area contributed by atoms with Crippen molar-refractivity contribution in [2.45, 2.75) is 36.3 Å². The zero-order valence-corrected chi connectivity index (χ0v) is 14.9. The Hall–Kier alpha value is -1.60. The Labute approximate surface area is 144 Å². The van der Waals surface area contributed by atoms with Crippen molar-refractivity contribution in [3.8, 4) is 0 Å². The standard InChI is InChI=1S/C16H20N4OS2/c1-11-6-5-7-13(10-11)17-15-18-19-16(23-15)22-12(2)14(21)20-8-3-4-9-20/h5-7,10,12H,3-4,8-9H2,1-2H3,(H,17,18). The first kappa shape index (κ1) is 16.3. The van der Waals surface area contributed by atoms with E-state index in [4.69, 9.17) is 0 Å². The van der Waals surface area contributed by atoms with Gasteiger partial charge in [0, 0.05) is 18.8 Å². The molecule has 1 aromatic heterocycles. The van der Waals surface area contributed by atoms with E-state index in [-0.39, 0.29) is 11.2 Å². The second-order valence-electron chi connectivity index (χ2n) is 5.66. The molecule has 1 aliphatic heterocycles. The molecule has 1 N–H and O–H groups in total. The lowest BCUT2D eigenvalue weighted by Gasteiger charge is -2.18. The van der Waals surface area contributed by atoms with Crippen molar-refractivity contribution in [1.82, 2.24) is 15.1 Å². The predicted octanol–water partition coefficient (Wildman–Crippen LogP) is 3.69. The number of rotatable bonds is 5. The summed E-state index contributed by atoms with van der Waals surface area (Å²) in [5.41, 5.74) is 2.19. The maximum Gasteiger partial charge on any atom is 0.235 e. The second kappa shape index (κ2) is 7.31. The number of aromatic nitrogens is 2. The third-order valence-corrected chi connectivity index (χ3v) is 5.73. The number of hydrogen-bond donors (Lipinski definition) is 1. The van der Waals surface area contributed by atoms with Gasteiger partial charge in [-0.05, 0) is 44.4 Å². The number of amides is 1. The molecule has 1 unspecified atom stereocenters. The van der Waals surface area contributed by atoms with E-state index in [1.165, 1.54) is 28.7 Å². The van der Waals surface area contributed by atoms with Crippen LogP contribution in [0.3, 0.4) is 0 Å². The fraction of sp³-hybridized carbons (Fsp3) is 0.438. The second-order valence-corrected chi connectivity index (χ2v) is 8.23. The van der Waals surface area contributed by atoms with Gasteiger partial charge in [0.2, 0.25) is 11.0 Å². The van der Waals surface area contributed by atoms with Crippen molar-refractivity contribution in [3.63, 3.8) is 0 Å². The average molecular weight is 348 g/mol. The number of nitrogens with one attached hydrogen (secondary N) is 1. The summed E-state index contributed by atoms with van der Waals surface area (Å²) in [4.78, 5) is 14.3. The average Bonchev–Trinajstić information content (AvgIpc) is 3.18. The van der Waals surface area contributed by atoms with Crippen molar-refractivity contribution >= 4 is 39.8 Å². The number of nitrogens with zero attached hydrogens (tertiary/aromatic N) is 3. The molecule has 1 aliphatic rings. The Balaban J connectivity index is 1.59. The van der Waals surface area contributed by atoms with Crippen LogP contribution in [0.25, 0.3) is 0 Å². The Bertz CT molecular complexity index is 682. The monoisotopic (exact) mass is 348 g/mol. The molecule has 0 saturated carbocycles. The largest absolute Gasteiger partial charge is 0.342 e. The lowest BCUT2D eigenvalue weighted by molar-refractivity contribution is -0.129. The van der Waals surface area contributed by atoms with E-state index in [1.54, 1.807) is 0 Å². The van der Waals surface area contributed by atoms with Crippen LogP contribution in [0.4, 0.5) is 10.8 Å². The molecule has 0 radical (unpaired) electrons. The van der Waals surface area contributed by atoms with Crippen molar-refractivity contribution in [3.05, 3.63) is 29.8 Å². The van der Waals surface area contributed by atoms with Gasteiger partial charge in [-0.25, -0.2) is 0 Å². The third kappa shape index (κ3) is 4.23. The van der Waals surface area contributed by atoms with Crippen molar-refractivity contribution in [1.29, 1.82) is 0 Å². The molecule has 5 nitrogen and oxygen atoms in total. The summed E-state index contributed by atoms with van der Waals surface area (Å²) >= 11 is 2.97. The van der Waals surface area contributed by atoms with Crippen molar-refractivity contribution in [2.24, 2.45) is 0 Å². The third-order valence-electron chi connectivity index (χ3n) is 3.72. The molecule has 7 heteroatoms. The van der Waals surface area contributed by atoms with Gasteiger partial charge in [0.25, 0.3) is 0 Å². The number of benzene rings is 1. The Morgan fingerprint density at radius 2 is 2.13 bits per heavy atom. The summed E-state index contributed by atoms with van der Waals surface area (Å²) in [5.74, 6) is 0.205. The fourth-order valence-corrected chi connectivity index (χ4v) is 4.55. The Morgan fingerprint density at radius 1 is 1.35 bits per heavy atom. The van der Waals surface area contributed by atoms with Gasteiger partial charge in [-0.2, -0.15) is 0 Å². The minimum absolute atomic E-state index is 0.118. The number of carbonyl (C=O) groups is 1. The summed E-state index contributed by atoms with van der Waals surface area (Å²) < 4.78 is 0.820. The van der Waals surface area contributed by atoms with Crippen molar-refractivity contribution in [2.75, 3.05) is 18.4 Å². The van der Waals surface area contributed by atoms with E-state index >= 15 is 0 Å². The van der Waals surface area contributed by atoms with Gasteiger partial charge in [0.15, 0.2) is 4.34 Å². The zero-order chi connectivity index (χ0) is 16.2. The normalized spacial score (nSPS) is 15.7. The Kier molecular flexibility index (Phi) is 5.17. The highest BCUT2D eigenvalue weighted by Gasteiger charge is 2.25. The summed E-state index contributed by atoms with van der Waals surface area (Å²) in [6, 6.07) is 8.12. The first-order chi connectivity index (χ1) is 11.1. The molecule has 1 fully saturated rings. The van der Waals surface area contributed by atoms with Crippen molar-refractivity contribution < 1.29 is 4.79 Å². The molecule has 2 heterocycles. The molecule has 2 aromatic rings.